The third-order valence-electron chi connectivity index (χ3n) is 2.20. The molecular weight excluding hydrogens is 236 g/mol. The molecule has 0 aliphatic rings. The Morgan fingerprint density at radius 2 is 1.82 bits per heavy atom. The summed E-state index contributed by atoms with van der Waals surface area (Å²) >= 11 is 4.20. The van der Waals surface area contributed by atoms with Crippen LogP contribution in [0.1, 0.15) is 23.7 Å². The van der Waals surface area contributed by atoms with E-state index in [0.29, 0.717) is 30.0 Å². The van der Waals surface area contributed by atoms with Crippen LogP contribution in [0.25, 0.3) is 0 Å². The van der Waals surface area contributed by atoms with Crippen molar-refractivity contribution in [1.82, 2.24) is 10.6 Å². The van der Waals surface area contributed by atoms with Crippen LogP contribution >= 0.6 is 12.6 Å². The number of thiol groups is 1. The largest absolute Gasteiger partial charge is 0.354 e. The fraction of sp³-hybridized carbons (Fsp3) is 0.333. The molecule has 0 atom stereocenters. The van der Waals surface area contributed by atoms with E-state index in [1.54, 1.807) is 25.1 Å². The van der Waals surface area contributed by atoms with E-state index in [2.05, 4.69) is 23.3 Å². The second-order valence-electron chi connectivity index (χ2n) is 3.48. The van der Waals surface area contributed by atoms with Crippen LogP contribution in [-0.2, 0) is 4.79 Å². The van der Waals surface area contributed by atoms with Crippen LogP contribution in [0.4, 0.5) is 0 Å². The molecule has 2 N–H and O–H groups in total. The smallest absolute Gasteiger partial charge is 0.252 e. The van der Waals surface area contributed by atoms with Crippen molar-refractivity contribution >= 4 is 24.4 Å². The summed E-state index contributed by atoms with van der Waals surface area (Å²) < 4.78 is 0. The van der Waals surface area contributed by atoms with Gasteiger partial charge in [0, 0.05) is 24.4 Å². The molecule has 0 fully saturated rings. The average Bonchev–Trinajstić information content (AvgIpc) is 2.34. The second-order valence-corrected chi connectivity index (χ2v) is 3.96. The third-order valence-corrected chi connectivity index (χ3v) is 2.59. The van der Waals surface area contributed by atoms with E-state index >= 15 is 0 Å². The number of amides is 2. The van der Waals surface area contributed by atoms with Gasteiger partial charge in [-0.15, -0.1) is 12.6 Å². The molecule has 17 heavy (non-hydrogen) atoms. The maximum Gasteiger partial charge on any atom is 0.252 e. The highest BCUT2D eigenvalue weighted by molar-refractivity contribution is 7.80. The highest BCUT2D eigenvalue weighted by Crippen LogP contribution is 2.12. The van der Waals surface area contributed by atoms with Crippen LogP contribution in [0.3, 0.4) is 0 Å². The van der Waals surface area contributed by atoms with Crippen molar-refractivity contribution in [3.63, 3.8) is 0 Å². The number of benzene rings is 1. The Labute approximate surface area is 106 Å². The minimum Gasteiger partial charge on any atom is -0.354 e. The lowest BCUT2D eigenvalue weighted by molar-refractivity contribution is -0.120. The first kappa shape index (κ1) is 13.6. The van der Waals surface area contributed by atoms with Crippen LogP contribution in [0.2, 0.25) is 0 Å². The number of carbonyl (C=O) groups is 2. The van der Waals surface area contributed by atoms with Gasteiger partial charge >= 0.3 is 0 Å². The van der Waals surface area contributed by atoms with Gasteiger partial charge in [-0.25, -0.2) is 0 Å². The molecule has 1 aromatic rings. The van der Waals surface area contributed by atoms with Gasteiger partial charge < -0.3 is 10.6 Å². The SMILES string of the molecule is CCC(=O)NCCNC(=O)c1ccccc1S. The maximum atomic E-state index is 11.7. The van der Waals surface area contributed by atoms with Gasteiger partial charge in [0.2, 0.25) is 5.91 Å². The average molecular weight is 252 g/mol. The molecule has 0 aromatic heterocycles. The molecule has 0 unspecified atom stereocenters. The molecule has 0 bridgehead atoms. The van der Waals surface area contributed by atoms with E-state index < -0.39 is 0 Å². The van der Waals surface area contributed by atoms with Gasteiger partial charge in [0.1, 0.15) is 0 Å². The summed E-state index contributed by atoms with van der Waals surface area (Å²) in [5.74, 6) is -0.199. The summed E-state index contributed by atoms with van der Waals surface area (Å²) in [7, 11) is 0. The summed E-state index contributed by atoms with van der Waals surface area (Å²) in [6.07, 6.45) is 0.452. The van der Waals surface area contributed by atoms with Crippen molar-refractivity contribution in [3.05, 3.63) is 29.8 Å². The highest BCUT2D eigenvalue weighted by Gasteiger charge is 2.07. The Kier molecular flexibility index (Phi) is 5.56. The predicted octanol–water partition coefficient (Wildman–Crippen LogP) is 1.23. The highest BCUT2D eigenvalue weighted by atomic mass is 32.1. The molecule has 0 heterocycles. The molecule has 0 spiro atoms. The molecule has 0 radical (unpaired) electrons. The quantitative estimate of drug-likeness (QED) is 0.545. The fourth-order valence-corrected chi connectivity index (χ4v) is 1.53. The van der Waals surface area contributed by atoms with E-state index in [0.717, 1.165) is 0 Å². The number of hydrogen-bond acceptors (Lipinski definition) is 3. The fourth-order valence-electron chi connectivity index (χ4n) is 1.26. The first-order valence-electron chi connectivity index (χ1n) is 5.48. The zero-order valence-corrected chi connectivity index (χ0v) is 10.6. The number of carbonyl (C=O) groups excluding carboxylic acids is 2. The van der Waals surface area contributed by atoms with E-state index in [1.165, 1.54) is 0 Å². The minimum absolute atomic E-state index is 0.0196. The zero-order chi connectivity index (χ0) is 12.7. The van der Waals surface area contributed by atoms with Crippen molar-refractivity contribution in [1.29, 1.82) is 0 Å². The van der Waals surface area contributed by atoms with Crippen molar-refractivity contribution in [2.45, 2.75) is 18.2 Å². The molecule has 0 saturated heterocycles. The summed E-state index contributed by atoms with van der Waals surface area (Å²) in [6.45, 7) is 2.63. The number of rotatable bonds is 5. The van der Waals surface area contributed by atoms with Gasteiger partial charge in [0.05, 0.1) is 5.56 Å². The van der Waals surface area contributed by atoms with Gasteiger partial charge in [-0.3, -0.25) is 9.59 Å². The van der Waals surface area contributed by atoms with E-state index in [4.69, 9.17) is 0 Å². The van der Waals surface area contributed by atoms with Crippen molar-refractivity contribution < 1.29 is 9.59 Å². The Hall–Kier alpha value is -1.49. The van der Waals surface area contributed by atoms with Crippen molar-refractivity contribution in [2.75, 3.05) is 13.1 Å². The van der Waals surface area contributed by atoms with Gasteiger partial charge in [0.25, 0.3) is 5.91 Å². The standard InChI is InChI=1S/C12H16N2O2S/c1-2-11(15)13-7-8-14-12(16)9-5-3-4-6-10(9)17/h3-6,17H,2,7-8H2,1H3,(H,13,15)(H,14,16). The third kappa shape index (κ3) is 4.48. The molecule has 4 nitrogen and oxygen atoms in total. The molecule has 1 aromatic carbocycles. The van der Waals surface area contributed by atoms with Crippen LogP contribution in [-0.4, -0.2) is 24.9 Å². The van der Waals surface area contributed by atoms with Gasteiger partial charge in [-0.1, -0.05) is 19.1 Å². The molecule has 0 aliphatic carbocycles. The molecule has 2 amide bonds. The number of hydrogen-bond donors (Lipinski definition) is 3. The van der Waals surface area contributed by atoms with E-state index in [1.807, 2.05) is 6.07 Å². The summed E-state index contributed by atoms with van der Waals surface area (Å²) in [4.78, 5) is 23.3. The number of nitrogens with one attached hydrogen (secondary N) is 2. The first-order valence-corrected chi connectivity index (χ1v) is 5.92. The van der Waals surface area contributed by atoms with Crippen LogP contribution in [0, 0.1) is 0 Å². The molecular formula is C12H16N2O2S. The van der Waals surface area contributed by atoms with Gasteiger partial charge in [-0.2, -0.15) is 0 Å². The lowest BCUT2D eigenvalue weighted by atomic mass is 10.2. The molecule has 5 heteroatoms. The van der Waals surface area contributed by atoms with Gasteiger partial charge in [0.15, 0.2) is 0 Å². The Bertz CT molecular complexity index is 407. The zero-order valence-electron chi connectivity index (χ0n) is 9.69. The lowest BCUT2D eigenvalue weighted by Crippen LogP contribution is -2.34. The molecule has 1 rings (SSSR count). The van der Waals surface area contributed by atoms with Crippen LogP contribution in [0.5, 0.6) is 0 Å². The van der Waals surface area contributed by atoms with Crippen LogP contribution < -0.4 is 10.6 Å². The minimum atomic E-state index is -0.179. The Balaban J connectivity index is 2.36. The Morgan fingerprint density at radius 1 is 1.18 bits per heavy atom. The Morgan fingerprint density at radius 3 is 2.47 bits per heavy atom. The monoisotopic (exact) mass is 252 g/mol. The van der Waals surface area contributed by atoms with Crippen molar-refractivity contribution in [2.24, 2.45) is 0 Å². The van der Waals surface area contributed by atoms with Crippen molar-refractivity contribution in [3.8, 4) is 0 Å². The molecule has 0 saturated carbocycles. The maximum absolute atomic E-state index is 11.7. The predicted molar refractivity (Wildman–Crippen MR) is 69.3 cm³/mol. The molecule has 92 valence electrons. The van der Waals surface area contributed by atoms with Gasteiger partial charge in [-0.05, 0) is 12.1 Å². The summed E-state index contributed by atoms with van der Waals surface area (Å²) in [5, 5.41) is 5.40. The molecule has 0 aliphatic heterocycles. The lowest BCUT2D eigenvalue weighted by Gasteiger charge is -2.07. The van der Waals surface area contributed by atoms with E-state index in [-0.39, 0.29) is 11.8 Å². The topological polar surface area (TPSA) is 58.2 Å². The van der Waals surface area contributed by atoms with E-state index in [9.17, 15) is 9.59 Å². The second kappa shape index (κ2) is 6.96. The van der Waals surface area contributed by atoms with Crippen LogP contribution in [0.15, 0.2) is 29.2 Å². The first-order chi connectivity index (χ1) is 8.15. The normalized spacial score (nSPS) is 9.76. The summed E-state index contributed by atoms with van der Waals surface area (Å²) in [6, 6.07) is 7.08. The summed E-state index contributed by atoms with van der Waals surface area (Å²) in [5.41, 5.74) is 0.539.